The first-order valence-corrected chi connectivity index (χ1v) is 9.55. The van der Waals surface area contributed by atoms with Crippen molar-refractivity contribution in [2.45, 2.75) is 32.6 Å². The van der Waals surface area contributed by atoms with Gasteiger partial charge in [-0.05, 0) is 48.0 Å². The van der Waals surface area contributed by atoms with E-state index in [0.29, 0.717) is 0 Å². The van der Waals surface area contributed by atoms with E-state index < -0.39 is 0 Å². The first-order chi connectivity index (χ1) is 12.7. The second kappa shape index (κ2) is 7.33. The van der Waals surface area contributed by atoms with Gasteiger partial charge < -0.3 is 4.90 Å². The molecule has 1 heterocycles. The fourth-order valence-electron chi connectivity index (χ4n) is 3.85. The number of fused-ring (bicyclic) bond motifs is 1. The third-order valence-corrected chi connectivity index (χ3v) is 5.48. The van der Waals surface area contributed by atoms with Gasteiger partial charge in [-0.15, -0.1) is 0 Å². The molecule has 0 fully saturated rings. The maximum Gasteiger partial charge on any atom is 0.135 e. The fourth-order valence-corrected chi connectivity index (χ4v) is 3.85. The Bertz CT molecular complexity index is 891. The molecule has 0 bridgehead atoms. The molecule has 4 rings (SSSR count). The van der Waals surface area contributed by atoms with Crippen molar-refractivity contribution in [3.05, 3.63) is 94.3 Å². The van der Waals surface area contributed by atoms with Crippen molar-refractivity contribution in [2.24, 2.45) is 4.99 Å². The first kappa shape index (κ1) is 16.8. The molecule has 26 heavy (non-hydrogen) atoms. The Kier molecular flexibility index (Phi) is 4.75. The molecule has 0 atom stereocenters. The molecule has 2 heteroatoms. The zero-order valence-corrected chi connectivity index (χ0v) is 15.7. The van der Waals surface area contributed by atoms with Crippen molar-refractivity contribution < 1.29 is 0 Å². The predicted octanol–water partition coefficient (Wildman–Crippen LogP) is 5.16. The number of amidine groups is 1. The lowest BCUT2D eigenvalue weighted by Crippen LogP contribution is -2.32. The molecule has 0 spiro atoms. The van der Waals surface area contributed by atoms with Crippen LogP contribution in [-0.4, -0.2) is 24.3 Å². The van der Waals surface area contributed by atoms with Crippen molar-refractivity contribution >= 4 is 5.84 Å². The lowest BCUT2D eigenvalue weighted by molar-refractivity contribution is 0.541. The second-order valence-corrected chi connectivity index (χ2v) is 7.25. The van der Waals surface area contributed by atoms with E-state index in [4.69, 9.17) is 4.99 Å². The summed E-state index contributed by atoms with van der Waals surface area (Å²) in [5.41, 5.74) is 8.35. The van der Waals surface area contributed by atoms with Crippen molar-refractivity contribution in [1.82, 2.24) is 4.90 Å². The lowest BCUT2D eigenvalue weighted by Gasteiger charge is -2.29. The molecule has 132 valence electrons. The van der Waals surface area contributed by atoms with Gasteiger partial charge in [0.2, 0.25) is 0 Å². The SMILES string of the molecule is CCC1=CC=C(C2=NC=C(C3=CCc4ccccc4C3)CN2C)C=CC1. The number of nitrogens with zero attached hydrogens (tertiary/aromatic N) is 2. The standard InChI is InChI=1S/C24H26N2/c1-3-18-7-6-10-20(12-11-18)24-25-16-23(17-26(24)2)22-14-13-19-8-4-5-9-21(19)15-22/h4-6,8-12,14,16H,3,7,13,15,17H2,1-2H3. The van der Waals surface area contributed by atoms with Gasteiger partial charge in [-0.1, -0.05) is 67.1 Å². The number of hydrogen-bond acceptors (Lipinski definition) is 2. The number of allylic oxidation sites excluding steroid dienone is 5. The van der Waals surface area contributed by atoms with Gasteiger partial charge in [0.15, 0.2) is 0 Å². The Morgan fingerprint density at radius 2 is 1.88 bits per heavy atom. The molecule has 1 aliphatic heterocycles. The highest BCUT2D eigenvalue weighted by Crippen LogP contribution is 2.28. The topological polar surface area (TPSA) is 15.6 Å². The molecule has 0 aromatic heterocycles. The molecular weight excluding hydrogens is 316 g/mol. The van der Waals surface area contributed by atoms with Gasteiger partial charge in [-0.25, -0.2) is 4.99 Å². The molecule has 0 amide bonds. The van der Waals surface area contributed by atoms with E-state index in [2.05, 4.69) is 79.7 Å². The van der Waals surface area contributed by atoms with Crippen LogP contribution in [-0.2, 0) is 12.8 Å². The van der Waals surface area contributed by atoms with Crippen molar-refractivity contribution in [2.75, 3.05) is 13.6 Å². The minimum Gasteiger partial charge on any atom is -0.355 e. The van der Waals surface area contributed by atoms with Crippen LogP contribution in [0.25, 0.3) is 0 Å². The van der Waals surface area contributed by atoms with Crippen LogP contribution in [0.15, 0.2) is 88.1 Å². The zero-order chi connectivity index (χ0) is 17.9. The van der Waals surface area contributed by atoms with Gasteiger partial charge in [0.05, 0.1) is 0 Å². The van der Waals surface area contributed by atoms with Gasteiger partial charge >= 0.3 is 0 Å². The summed E-state index contributed by atoms with van der Waals surface area (Å²) in [5.74, 6) is 1.07. The summed E-state index contributed by atoms with van der Waals surface area (Å²) in [6, 6.07) is 8.77. The molecule has 1 aromatic rings. The van der Waals surface area contributed by atoms with Crippen LogP contribution in [0.4, 0.5) is 0 Å². The quantitative estimate of drug-likeness (QED) is 0.740. The normalized spacial score (nSPS) is 19.6. The summed E-state index contributed by atoms with van der Waals surface area (Å²) in [7, 11) is 2.15. The van der Waals surface area contributed by atoms with Crippen molar-refractivity contribution in [3.8, 4) is 0 Å². The number of aliphatic imine (C=N–C) groups is 1. The summed E-state index contributed by atoms with van der Waals surface area (Å²) < 4.78 is 0. The number of benzene rings is 1. The average Bonchev–Trinajstić information content (AvgIpc) is 2.93. The molecule has 0 unspecified atom stereocenters. The highest BCUT2D eigenvalue weighted by molar-refractivity contribution is 6.02. The first-order valence-electron chi connectivity index (χ1n) is 9.55. The van der Waals surface area contributed by atoms with Gasteiger partial charge in [0.25, 0.3) is 0 Å². The Labute approximate surface area is 156 Å². The molecule has 0 N–H and O–H groups in total. The van der Waals surface area contributed by atoms with E-state index in [0.717, 1.165) is 38.1 Å². The molecule has 0 radical (unpaired) electrons. The van der Waals surface area contributed by atoms with E-state index in [-0.39, 0.29) is 0 Å². The summed E-state index contributed by atoms with van der Waals surface area (Å²) in [6.45, 7) is 3.14. The van der Waals surface area contributed by atoms with Gasteiger partial charge in [0, 0.05) is 25.4 Å². The molecular formula is C24H26N2. The number of rotatable bonds is 3. The lowest BCUT2D eigenvalue weighted by atomic mass is 9.88. The monoisotopic (exact) mass is 342 g/mol. The smallest absolute Gasteiger partial charge is 0.135 e. The number of hydrogen-bond donors (Lipinski definition) is 0. The van der Waals surface area contributed by atoms with E-state index in [1.807, 2.05) is 0 Å². The third kappa shape index (κ3) is 3.37. The maximum absolute atomic E-state index is 4.83. The molecule has 1 aromatic carbocycles. The molecule has 0 saturated carbocycles. The van der Waals surface area contributed by atoms with Crippen LogP contribution < -0.4 is 0 Å². The minimum absolute atomic E-state index is 0.919. The second-order valence-electron chi connectivity index (χ2n) is 7.25. The fraction of sp³-hybridized carbons (Fsp3) is 0.292. The van der Waals surface area contributed by atoms with E-state index in [1.165, 1.54) is 33.4 Å². The summed E-state index contributed by atoms with van der Waals surface area (Å²) >= 11 is 0. The Hall–Kier alpha value is -2.61. The van der Waals surface area contributed by atoms with E-state index in [1.54, 1.807) is 0 Å². The minimum atomic E-state index is 0.919. The van der Waals surface area contributed by atoms with E-state index in [9.17, 15) is 0 Å². The van der Waals surface area contributed by atoms with E-state index >= 15 is 0 Å². The molecule has 2 nitrogen and oxygen atoms in total. The molecule has 0 saturated heterocycles. The highest BCUT2D eigenvalue weighted by atomic mass is 15.2. The molecule has 3 aliphatic rings. The Morgan fingerprint density at radius 1 is 1.04 bits per heavy atom. The van der Waals surface area contributed by atoms with Crippen LogP contribution in [0.1, 0.15) is 30.9 Å². The largest absolute Gasteiger partial charge is 0.355 e. The van der Waals surface area contributed by atoms with Crippen LogP contribution in [0.3, 0.4) is 0 Å². The van der Waals surface area contributed by atoms with Crippen LogP contribution >= 0.6 is 0 Å². The summed E-state index contributed by atoms with van der Waals surface area (Å²) in [4.78, 5) is 7.11. The van der Waals surface area contributed by atoms with Gasteiger partial charge in [-0.3, -0.25) is 0 Å². The van der Waals surface area contributed by atoms with Crippen LogP contribution in [0, 0.1) is 0 Å². The van der Waals surface area contributed by atoms with Gasteiger partial charge in [0.1, 0.15) is 5.84 Å². The van der Waals surface area contributed by atoms with Crippen molar-refractivity contribution in [3.63, 3.8) is 0 Å². The average molecular weight is 342 g/mol. The van der Waals surface area contributed by atoms with Crippen LogP contribution in [0.5, 0.6) is 0 Å². The third-order valence-electron chi connectivity index (χ3n) is 5.48. The van der Waals surface area contributed by atoms with Crippen molar-refractivity contribution in [1.29, 1.82) is 0 Å². The summed E-state index contributed by atoms with van der Waals surface area (Å²) in [5, 5.41) is 0. The van der Waals surface area contributed by atoms with Crippen LogP contribution in [0.2, 0.25) is 0 Å². The highest BCUT2D eigenvalue weighted by Gasteiger charge is 2.20. The summed E-state index contributed by atoms with van der Waals surface area (Å²) in [6.07, 6.45) is 17.6. The molecule has 2 aliphatic carbocycles. The maximum atomic E-state index is 4.83. The predicted molar refractivity (Wildman–Crippen MR) is 110 cm³/mol. The Morgan fingerprint density at radius 3 is 2.69 bits per heavy atom. The Balaban J connectivity index is 1.58. The van der Waals surface area contributed by atoms with Gasteiger partial charge in [-0.2, -0.15) is 0 Å². The zero-order valence-electron chi connectivity index (χ0n) is 15.7. The number of likely N-dealkylation sites (N-methyl/N-ethyl adjacent to an activating group) is 1.